The normalized spacial score (nSPS) is 11.5. The van der Waals surface area contributed by atoms with Gasteiger partial charge >= 0.3 is 6.18 Å². The molecule has 0 saturated carbocycles. The summed E-state index contributed by atoms with van der Waals surface area (Å²) < 4.78 is 42.1. The molecule has 18 heavy (non-hydrogen) atoms. The number of aromatic nitrogens is 1. The Bertz CT molecular complexity index is 523. The molecule has 0 aliphatic heterocycles. The molecule has 1 heterocycles. The smallest absolute Gasteiger partial charge is 0.397 e. The topological polar surface area (TPSA) is 64.1 Å². The molecule has 7 heteroatoms. The number of anilines is 2. The van der Waals surface area contributed by atoms with Gasteiger partial charge in [-0.15, -0.1) is 0 Å². The molecule has 0 bridgehead atoms. The van der Waals surface area contributed by atoms with E-state index in [9.17, 15) is 13.2 Å². The first-order valence-electron chi connectivity index (χ1n) is 5.07. The Kier molecular flexibility index (Phi) is 3.14. The summed E-state index contributed by atoms with van der Waals surface area (Å²) >= 11 is 0. The van der Waals surface area contributed by atoms with E-state index in [0.717, 1.165) is 12.1 Å². The van der Waals surface area contributed by atoms with E-state index in [1.807, 2.05) is 0 Å². The van der Waals surface area contributed by atoms with Crippen LogP contribution in [-0.2, 0) is 12.7 Å². The van der Waals surface area contributed by atoms with Crippen molar-refractivity contribution < 1.29 is 17.7 Å². The van der Waals surface area contributed by atoms with Gasteiger partial charge < -0.3 is 15.6 Å². The van der Waals surface area contributed by atoms with E-state index in [4.69, 9.17) is 10.3 Å². The summed E-state index contributed by atoms with van der Waals surface area (Å²) in [6.45, 7) is 0.301. The van der Waals surface area contributed by atoms with Crippen LogP contribution in [0.1, 0.15) is 11.3 Å². The summed E-state index contributed by atoms with van der Waals surface area (Å²) in [5.74, 6) is 0.564. The van der Waals surface area contributed by atoms with Crippen LogP contribution in [0.3, 0.4) is 0 Å². The number of hydrogen-bond donors (Lipinski definition) is 2. The second-order valence-corrected chi connectivity index (χ2v) is 3.63. The second kappa shape index (κ2) is 4.59. The fraction of sp³-hybridized carbons (Fsp3) is 0.182. The molecule has 0 spiro atoms. The lowest BCUT2D eigenvalue weighted by atomic mass is 10.1. The first kappa shape index (κ1) is 12.3. The van der Waals surface area contributed by atoms with Crippen LogP contribution >= 0.6 is 0 Å². The SMILES string of the molecule is Nc1cc(C(F)(F)F)ccc1NCc1ccno1. The summed E-state index contributed by atoms with van der Waals surface area (Å²) in [7, 11) is 0. The van der Waals surface area contributed by atoms with E-state index in [2.05, 4.69) is 10.5 Å². The highest BCUT2D eigenvalue weighted by Gasteiger charge is 2.30. The van der Waals surface area contributed by atoms with Crippen LogP contribution in [0.15, 0.2) is 35.0 Å². The van der Waals surface area contributed by atoms with Gasteiger partial charge in [0.2, 0.25) is 0 Å². The molecule has 0 unspecified atom stereocenters. The van der Waals surface area contributed by atoms with Crippen LogP contribution in [0, 0.1) is 0 Å². The highest BCUT2D eigenvalue weighted by atomic mass is 19.4. The van der Waals surface area contributed by atoms with Gasteiger partial charge in [-0.1, -0.05) is 5.16 Å². The van der Waals surface area contributed by atoms with Crippen LogP contribution in [0.5, 0.6) is 0 Å². The van der Waals surface area contributed by atoms with Crippen LogP contribution < -0.4 is 11.1 Å². The van der Waals surface area contributed by atoms with Gasteiger partial charge in [0.1, 0.15) is 0 Å². The first-order valence-corrected chi connectivity index (χ1v) is 5.07. The van der Waals surface area contributed by atoms with Crippen LogP contribution in [0.4, 0.5) is 24.5 Å². The molecule has 2 rings (SSSR count). The molecule has 0 amide bonds. The van der Waals surface area contributed by atoms with Crippen molar-refractivity contribution in [3.8, 4) is 0 Å². The predicted octanol–water partition coefficient (Wildman–Crippen LogP) is 2.89. The Morgan fingerprint density at radius 2 is 2.06 bits per heavy atom. The third kappa shape index (κ3) is 2.73. The van der Waals surface area contributed by atoms with Crippen molar-refractivity contribution in [1.82, 2.24) is 5.16 Å². The van der Waals surface area contributed by atoms with Crippen LogP contribution in [0.2, 0.25) is 0 Å². The van der Waals surface area contributed by atoms with Crippen molar-refractivity contribution in [3.05, 3.63) is 41.8 Å². The van der Waals surface area contributed by atoms with Gasteiger partial charge in [-0.05, 0) is 18.2 Å². The minimum absolute atomic E-state index is 0.0318. The standard InChI is InChI=1S/C11H10F3N3O/c12-11(13,14)7-1-2-10(9(15)5-7)16-6-8-3-4-17-18-8/h1-5,16H,6,15H2. The summed E-state index contributed by atoms with van der Waals surface area (Å²) in [6.07, 6.45) is -2.91. The lowest BCUT2D eigenvalue weighted by molar-refractivity contribution is -0.137. The molecule has 0 saturated heterocycles. The number of alkyl halides is 3. The molecular formula is C11H10F3N3O. The van der Waals surface area contributed by atoms with Crippen LogP contribution in [-0.4, -0.2) is 5.16 Å². The zero-order valence-electron chi connectivity index (χ0n) is 9.16. The highest BCUT2D eigenvalue weighted by Crippen LogP contribution is 2.32. The van der Waals surface area contributed by atoms with E-state index in [1.54, 1.807) is 6.07 Å². The molecule has 96 valence electrons. The van der Waals surface area contributed by atoms with Crippen molar-refractivity contribution in [3.63, 3.8) is 0 Å². The minimum Gasteiger partial charge on any atom is -0.397 e. The summed E-state index contributed by atoms with van der Waals surface area (Å²) in [6, 6.07) is 4.80. The van der Waals surface area contributed by atoms with Gasteiger partial charge in [0.15, 0.2) is 5.76 Å². The van der Waals surface area contributed by atoms with Gasteiger partial charge in [0.25, 0.3) is 0 Å². The fourth-order valence-corrected chi connectivity index (χ4v) is 1.42. The van der Waals surface area contributed by atoms with Crippen molar-refractivity contribution in [1.29, 1.82) is 0 Å². The fourth-order valence-electron chi connectivity index (χ4n) is 1.42. The number of rotatable bonds is 3. The Balaban J connectivity index is 2.10. The number of nitrogens with one attached hydrogen (secondary N) is 1. The molecular weight excluding hydrogens is 247 g/mol. The lowest BCUT2D eigenvalue weighted by Crippen LogP contribution is -2.07. The van der Waals surface area contributed by atoms with E-state index < -0.39 is 11.7 Å². The van der Waals surface area contributed by atoms with E-state index in [-0.39, 0.29) is 5.69 Å². The Hall–Kier alpha value is -2.18. The maximum Gasteiger partial charge on any atom is 0.416 e. The average molecular weight is 257 g/mol. The number of nitrogens with zero attached hydrogens (tertiary/aromatic N) is 1. The monoisotopic (exact) mass is 257 g/mol. The number of nitrogens with two attached hydrogens (primary N) is 1. The summed E-state index contributed by atoms with van der Waals surface area (Å²) in [5.41, 5.74) is 5.22. The van der Waals surface area contributed by atoms with Gasteiger partial charge in [0, 0.05) is 6.07 Å². The van der Waals surface area contributed by atoms with Crippen molar-refractivity contribution in [2.24, 2.45) is 0 Å². The van der Waals surface area contributed by atoms with Crippen molar-refractivity contribution in [2.75, 3.05) is 11.1 Å². The van der Waals surface area contributed by atoms with Gasteiger partial charge in [-0.25, -0.2) is 0 Å². The lowest BCUT2D eigenvalue weighted by Gasteiger charge is -2.11. The molecule has 0 atom stereocenters. The molecule has 0 radical (unpaired) electrons. The number of halogens is 3. The molecule has 0 aliphatic carbocycles. The van der Waals surface area contributed by atoms with Crippen molar-refractivity contribution in [2.45, 2.75) is 12.7 Å². The first-order chi connectivity index (χ1) is 8.47. The molecule has 2 aromatic rings. The van der Waals surface area contributed by atoms with E-state index in [1.165, 1.54) is 12.3 Å². The summed E-state index contributed by atoms with van der Waals surface area (Å²) in [4.78, 5) is 0. The second-order valence-electron chi connectivity index (χ2n) is 3.63. The van der Waals surface area contributed by atoms with E-state index >= 15 is 0 Å². The summed E-state index contributed by atoms with van der Waals surface area (Å²) in [5, 5.41) is 6.38. The molecule has 3 N–H and O–H groups in total. The van der Waals surface area contributed by atoms with Gasteiger partial charge in [0.05, 0.1) is 29.7 Å². The highest BCUT2D eigenvalue weighted by molar-refractivity contribution is 5.67. The largest absolute Gasteiger partial charge is 0.416 e. The predicted molar refractivity (Wildman–Crippen MR) is 59.7 cm³/mol. The van der Waals surface area contributed by atoms with E-state index in [0.29, 0.717) is 18.0 Å². The quantitative estimate of drug-likeness (QED) is 0.830. The number of nitrogen functional groups attached to an aromatic ring is 1. The molecule has 0 fully saturated rings. The maximum atomic E-state index is 12.4. The van der Waals surface area contributed by atoms with Crippen LogP contribution in [0.25, 0.3) is 0 Å². The Morgan fingerprint density at radius 3 is 2.61 bits per heavy atom. The Morgan fingerprint density at radius 1 is 1.28 bits per heavy atom. The van der Waals surface area contributed by atoms with Gasteiger partial charge in [-0.2, -0.15) is 13.2 Å². The third-order valence-corrected chi connectivity index (χ3v) is 2.32. The average Bonchev–Trinajstić information content (AvgIpc) is 2.79. The van der Waals surface area contributed by atoms with Crippen molar-refractivity contribution >= 4 is 11.4 Å². The number of hydrogen-bond acceptors (Lipinski definition) is 4. The Labute approximate surface area is 101 Å². The van der Waals surface area contributed by atoms with Gasteiger partial charge in [-0.3, -0.25) is 0 Å². The number of benzene rings is 1. The molecule has 4 nitrogen and oxygen atoms in total. The molecule has 1 aromatic heterocycles. The molecule has 0 aliphatic rings. The molecule has 1 aromatic carbocycles. The minimum atomic E-state index is -4.39. The maximum absolute atomic E-state index is 12.4. The third-order valence-electron chi connectivity index (χ3n) is 2.32. The zero-order chi connectivity index (χ0) is 13.2. The zero-order valence-corrected chi connectivity index (χ0v) is 9.16.